The molecule has 0 aliphatic carbocycles. The first-order chi connectivity index (χ1) is 9.02. The van der Waals surface area contributed by atoms with E-state index in [2.05, 4.69) is 5.10 Å². The first-order valence-electron chi connectivity index (χ1n) is 6.19. The number of carbonyl (C=O) groups excluding carboxylic acids is 2. The number of hydrogen-bond donors (Lipinski definition) is 0. The summed E-state index contributed by atoms with van der Waals surface area (Å²) in [5.41, 5.74) is 1.37. The van der Waals surface area contributed by atoms with E-state index < -0.39 is 5.97 Å². The summed E-state index contributed by atoms with van der Waals surface area (Å²) < 4.78 is 6.45. The number of allylic oxidation sites excluding steroid dienone is 1. The van der Waals surface area contributed by atoms with Gasteiger partial charge in [0.2, 0.25) is 5.78 Å². The Morgan fingerprint density at radius 1 is 1.58 bits per heavy atom. The van der Waals surface area contributed by atoms with E-state index in [-0.39, 0.29) is 11.5 Å². The van der Waals surface area contributed by atoms with E-state index in [1.807, 2.05) is 25.2 Å². The minimum Gasteiger partial charge on any atom is -0.461 e. The molecule has 1 aromatic rings. The molecule has 1 aliphatic heterocycles. The molecule has 0 spiro atoms. The molecule has 1 aliphatic rings. The van der Waals surface area contributed by atoms with Crippen LogP contribution in [0, 0.1) is 0 Å². The largest absolute Gasteiger partial charge is 0.461 e. The van der Waals surface area contributed by atoms with Crippen molar-refractivity contribution in [2.75, 3.05) is 20.7 Å². The summed E-state index contributed by atoms with van der Waals surface area (Å²) in [5.74, 6) is -0.571. The normalized spacial score (nSPS) is 16.4. The van der Waals surface area contributed by atoms with Crippen LogP contribution in [-0.4, -0.2) is 47.1 Å². The highest BCUT2D eigenvalue weighted by Gasteiger charge is 2.26. The van der Waals surface area contributed by atoms with Crippen molar-refractivity contribution in [1.82, 2.24) is 14.7 Å². The zero-order valence-electron chi connectivity index (χ0n) is 11.3. The van der Waals surface area contributed by atoms with Crippen molar-refractivity contribution < 1.29 is 14.3 Å². The number of esters is 1. The molecule has 6 nitrogen and oxygen atoms in total. The van der Waals surface area contributed by atoms with Crippen LogP contribution in [-0.2, 0) is 11.3 Å². The lowest BCUT2D eigenvalue weighted by molar-refractivity contribution is 0.0518. The zero-order chi connectivity index (χ0) is 14.0. The minimum absolute atomic E-state index is 0.0806. The number of nitrogens with zero attached hydrogens (tertiary/aromatic N) is 3. The first kappa shape index (κ1) is 13.3. The molecular weight excluding hydrogens is 246 g/mol. The van der Waals surface area contributed by atoms with Gasteiger partial charge in [0.15, 0.2) is 5.69 Å². The predicted octanol–water partition coefficient (Wildman–Crippen LogP) is 1.09. The van der Waals surface area contributed by atoms with Crippen molar-refractivity contribution in [3.05, 3.63) is 29.2 Å². The second kappa shape index (κ2) is 5.26. The van der Waals surface area contributed by atoms with Crippen LogP contribution in [0.2, 0.25) is 0 Å². The van der Waals surface area contributed by atoms with E-state index >= 15 is 0 Å². The summed E-state index contributed by atoms with van der Waals surface area (Å²) in [4.78, 5) is 25.7. The fraction of sp³-hybridized carbons (Fsp3) is 0.462. The van der Waals surface area contributed by atoms with Gasteiger partial charge in [-0.15, -0.1) is 0 Å². The van der Waals surface area contributed by atoms with Crippen LogP contribution in [0.4, 0.5) is 0 Å². The summed E-state index contributed by atoms with van der Waals surface area (Å²) in [6, 6.07) is 1.50. The van der Waals surface area contributed by atoms with Crippen molar-refractivity contribution in [2.24, 2.45) is 0 Å². The number of ketones is 1. The molecule has 0 saturated heterocycles. The molecule has 102 valence electrons. The van der Waals surface area contributed by atoms with Gasteiger partial charge in [0.05, 0.1) is 6.61 Å². The lowest BCUT2D eigenvalue weighted by atomic mass is 10.0. The van der Waals surface area contributed by atoms with E-state index in [1.165, 1.54) is 6.07 Å². The Bertz CT molecular complexity index is 543. The molecule has 0 atom stereocenters. The van der Waals surface area contributed by atoms with Gasteiger partial charge in [-0.05, 0) is 13.3 Å². The number of carbonyl (C=O) groups is 2. The smallest absolute Gasteiger partial charge is 0.358 e. The Kier molecular flexibility index (Phi) is 3.69. The molecular formula is C13H17N3O3. The Hall–Kier alpha value is -2.11. The van der Waals surface area contributed by atoms with Gasteiger partial charge in [-0.3, -0.25) is 9.48 Å². The van der Waals surface area contributed by atoms with Crippen LogP contribution in [0.1, 0.15) is 34.3 Å². The molecule has 1 aromatic heterocycles. The van der Waals surface area contributed by atoms with Gasteiger partial charge in [-0.2, -0.15) is 5.10 Å². The number of ether oxygens (including phenoxy) is 1. The molecule has 0 aromatic carbocycles. The number of hydrogen-bond acceptors (Lipinski definition) is 5. The van der Waals surface area contributed by atoms with Gasteiger partial charge in [-0.25, -0.2) is 4.79 Å². The lowest BCUT2D eigenvalue weighted by Gasteiger charge is -2.17. The lowest BCUT2D eigenvalue weighted by Crippen LogP contribution is -2.21. The summed E-state index contributed by atoms with van der Waals surface area (Å²) in [6.07, 6.45) is 2.43. The number of fused-ring (bicyclic) bond motifs is 1. The summed E-state index contributed by atoms with van der Waals surface area (Å²) in [5, 5.41) is 4.11. The SMILES string of the molecule is CCOC(=O)c1cc2n(n1)CC/C(=C\N(C)C)C2=O. The molecule has 19 heavy (non-hydrogen) atoms. The monoisotopic (exact) mass is 263 g/mol. The highest BCUT2D eigenvalue weighted by Crippen LogP contribution is 2.21. The van der Waals surface area contributed by atoms with Crippen LogP contribution < -0.4 is 0 Å². The Labute approximate surface area is 111 Å². The maximum Gasteiger partial charge on any atom is 0.358 e. The van der Waals surface area contributed by atoms with Gasteiger partial charge >= 0.3 is 5.97 Å². The van der Waals surface area contributed by atoms with Crippen molar-refractivity contribution in [2.45, 2.75) is 19.9 Å². The third-order valence-electron chi connectivity index (χ3n) is 2.80. The molecule has 0 radical (unpaired) electrons. The molecule has 0 bridgehead atoms. The summed E-state index contributed by atoms with van der Waals surface area (Å²) >= 11 is 0. The van der Waals surface area contributed by atoms with E-state index in [0.29, 0.717) is 25.3 Å². The predicted molar refractivity (Wildman–Crippen MR) is 68.9 cm³/mol. The second-order valence-electron chi connectivity index (χ2n) is 4.56. The Morgan fingerprint density at radius 2 is 2.32 bits per heavy atom. The number of Topliss-reactive ketones (excluding diaryl/α,β-unsaturated/α-hetero) is 1. The van der Waals surface area contributed by atoms with Gasteiger partial charge < -0.3 is 9.64 Å². The quantitative estimate of drug-likeness (QED) is 0.603. The fourth-order valence-electron chi connectivity index (χ4n) is 2.01. The average molecular weight is 263 g/mol. The van der Waals surface area contributed by atoms with E-state index in [0.717, 1.165) is 5.57 Å². The highest BCUT2D eigenvalue weighted by atomic mass is 16.5. The molecule has 2 heterocycles. The zero-order valence-corrected chi connectivity index (χ0v) is 11.3. The molecule has 0 N–H and O–H groups in total. The van der Waals surface area contributed by atoms with E-state index in [9.17, 15) is 9.59 Å². The van der Waals surface area contributed by atoms with Crippen molar-refractivity contribution in [3.63, 3.8) is 0 Å². The van der Waals surface area contributed by atoms with Crippen LogP contribution in [0.15, 0.2) is 17.8 Å². The maximum absolute atomic E-state index is 12.2. The minimum atomic E-state index is -0.490. The van der Waals surface area contributed by atoms with Gasteiger partial charge in [-0.1, -0.05) is 0 Å². The highest BCUT2D eigenvalue weighted by molar-refractivity contribution is 6.09. The van der Waals surface area contributed by atoms with Crippen molar-refractivity contribution in [3.8, 4) is 0 Å². The molecule has 0 unspecified atom stereocenters. The van der Waals surface area contributed by atoms with Crippen molar-refractivity contribution in [1.29, 1.82) is 0 Å². The Morgan fingerprint density at radius 3 is 2.95 bits per heavy atom. The number of aryl methyl sites for hydroxylation is 1. The van der Waals surface area contributed by atoms with Crippen LogP contribution in [0.25, 0.3) is 0 Å². The molecule has 0 fully saturated rings. The molecule has 0 saturated carbocycles. The number of rotatable bonds is 3. The van der Waals surface area contributed by atoms with Crippen molar-refractivity contribution >= 4 is 11.8 Å². The van der Waals surface area contributed by atoms with Gasteiger partial charge in [0.25, 0.3) is 0 Å². The third-order valence-corrected chi connectivity index (χ3v) is 2.80. The Balaban J connectivity index is 2.30. The standard InChI is InChI=1S/C13H17N3O3/c1-4-19-13(18)10-7-11-12(17)9(8-15(2)3)5-6-16(11)14-10/h7-8H,4-6H2,1-3H3/b9-8+. The van der Waals surface area contributed by atoms with E-state index in [1.54, 1.807) is 11.6 Å². The first-order valence-corrected chi connectivity index (χ1v) is 6.19. The molecule has 0 amide bonds. The number of aromatic nitrogens is 2. The van der Waals surface area contributed by atoms with Gasteiger partial charge in [0, 0.05) is 38.5 Å². The maximum atomic E-state index is 12.2. The average Bonchev–Trinajstić information content (AvgIpc) is 2.77. The van der Waals surface area contributed by atoms with Gasteiger partial charge in [0.1, 0.15) is 5.69 Å². The topological polar surface area (TPSA) is 64.4 Å². The molecule has 2 rings (SSSR count). The summed E-state index contributed by atoms with van der Waals surface area (Å²) in [7, 11) is 3.74. The van der Waals surface area contributed by atoms with Crippen LogP contribution >= 0.6 is 0 Å². The fourth-order valence-corrected chi connectivity index (χ4v) is 2.01. The third kappa shape index (κ3) is 2.67. The van der Waals surface area contributed by atoms with Crippen LogP contribution in [0.3, 0.4) is 0 Å². The van der Waals surface area contributed by atoms with E-state index in [4.69, 9.17) is 4.74 Å². The van der Waals surface area contributed by atoms with Crippen LogP contribution in [0.5, 0.6) is 0 Å². The summed E-state index contributed by atoms with van der Waals surface area (Å²) in [6.45, 7) is 2.62. The second-order valence-corrected chi connectivity index (χ2v) is 4.56. The molecule has 6 heteroatoms.